The highest BCUT2D eigenvalue weighted by Gasteiger charge is 2.50. The number of esters is 3. The number of cyclic esters (lactones) is 1. The van der Waals surface area contributed by atoms with E-state index in [-0.39, 0.29) is 69.8 Å². The number of hydrogen-bond acceptors (Lipinski definition) is 10. The van der Waals surface area contributed by atoms with Crippen LogP contribution in [0.1, 0.15) is 49.3 Å². The lowest BCUT2D eigenvalue weighted by Crippen LogP contribution is -2.47. The topological polar surface area (TPSA) is 172 Å². The summed E-state index contributed by atoms with van der Waals surface area (Å²) in [5.74, 6) is -1.97. The van der Waals surface area contributed by atoms with Gasteiger partial charge in [0.05, 0.1) is 42.2 Å². The summed E-state index contributed by atoms with van der Waals surface area (Å²) in [4.78, 5) is 59.1. The van der Waals surface area contributed by atoms with Crippen LogP contribution in [0.4, 0.5) is 0 Å². The van der Waals surface area contributed by atoms with Gasteiger partial charge in [0.15, 0.2) is 0 Å². The zero-order valence-electron chi connectivity index (χ0n) is 23.0. The lowest BCUT2D eigenvalue weighted by molar-refractivity contribution is -0.189. The van der Waals surface area contributed by atoms with Crippen LogP contribution in [0.5, 0.6) is 0 Å². The minimum atomic E-state index is -1.80. The zero-order chi connectivity index (χ0) is 29.7. The van der Waals surface area contributed by atoms with Crippen LogP contribution in [0.25, 0.3) is 32.7 Å². The molecule has 5 rings (SSSR count). The third-order valence-corrected chi connectivity index (χ3v) is 7.32. The van der Waals surface area contributed by atoms with Gasteiger partial charge in [-0.1, -0.05) is 30.2 Å². The van der Waals surface area contributed by atoms with E-state index in [0.717, 1.165) is 16.5 Å². The molecule has 0 bridgehead atoms. The summed E-state index contributed by atoms with van der Waals surface area (Å²) in [5.41, 5.74) is 9.49. The van der Waals surface area contributed by atoms with Crippen LogP contribution >= 0.6 is 0 Å². The molecule has 0 N–H and O–H groups in total. The van der Waals surface area contributed by atoms with Gasteiger partial charge < -0.3 is 23.5 Å². The maximum atomic E-state index is 13.6. The molecule has 1 atom stereocenters. The van der Waals surface area contributed by atoms with Gasteiger partial charge in [0, 0.05) is 40.8 Å². The molecule has 0 radical (unpaired) electrons. The number of para-hydroxylation sites is 1. The Morgan fingerprint density at radius 2 is 1.95 bits per heavy atom. The Labute approximate surface area is 240 Å². The van der Waals surface area contributed by atoms with E-state index in [1.54, 1.807) is 17.6 Å². The van der Waals surface area contributed by atoms with Crippen LogP contribution in [0.15, 0.2) is 46.3 Å². The van der Waals surface area contributed by atoms with E-state index < -0.39 is 23.5 Å². The number of benzene rings is 1. The minimum absolute atomic E-state index is 0.0226. The smallest absolute Gasteiger partial charge is 0.355 e. The molecule has 0 aliphatic carbocycles. The van der Waals surface area contributed by atoms with E-state index >= 15 is 0 Å². The number of aromatic nitrogens is 2. The summed E-state index contributed by atoms with van der Waals surface area (Å²) < 4.78 is 23.0. The second-order valence-electron chi connectivity index (χ2n) is 9.87. The number of pyridine rings is 2. The molecule has 0 saturated heterocycles. The first-order valence-electron chi connectivity index (χ1n) is 13.7. The molecule has 0 spiro atoms. The fraction of sp³-hybridized carbons (Fsp3) is 0.414. The van der Waals surface area contributed by atoms with Gasteiger partial charge in [-0.05, 0) is 36.6 Å². The minimum Gasteiger partial charge on any atom is -0.463 e. The molecule has 1 aromatic carbocycles. The maximum absolute atomic E-state index is 13.6. The molecule has 0 fully saturated rings. The number of carbonyl (C=O) groups excluding carboxylic acids is 3. The fourth-order valence-electron chi connectivity index (χ4n) is 5.24. The average molecular weight is 576 g/mol. The number of ether oxygens (including phenoxy) is 4. The van der Waals surface area contributed by atoms with Crippen molar-refractivity contribution in [3.63, 3.8) is 0 Å². The highest BCUT2D eigenvalue weighted by Crippen LogP contribution is 2.41. The van der Waals surface area contributed by atoms with Crippen LogP contribution in [0, 0.1) is 0 Å². The molecular formula is C29H29N5O8. The number of rotatable bonds is 12. The van der Waals surface area contributed by atoms with Gasteiger partial charge in [-0.15, -0.1) is 0 Å². The van der Waals surface area contributed by atoms with Gasteiger partial charge in [0.1, 0.15) is 13.2 Å². The molecule has 2 aliphatic heterocycles. The lowest BCUT2D eigenvalue weighted by Gasteiger charge is -2.35. The molecule has 0 unspecified atom stereocenters. The number of carbonyl (C=O) groups is 3. The first-order chi connectivity index (χ1) is 20.4. The van der Waals surface area contributed by atoms with E-state index in [4.69, 9.17) is 29.5 Å². The predicted octanol–water partition coefficient (Wildman–Crippen LogP) is 3.67. The standard InChI is InChI=1S/C29H29N5O8/c1-2-29(42-25(36)9-5-8-24(35)40-13-12-39-11-10-31-33-30)21-15-23-26-19(14-18-6-3-4-7-22(18)32-26)16-34(23)27(37)20(21)17-41-28(29)38/h3-4,6-7,14-15H,2,5,8-13,16-17H2,1H3/t29-/m0/s1. The summed E-state index contributed by atoms with van der Waals surface area (Å²) in [5, 5.41) is 4.28. The van der Waals surface area contributed by atoms with Gasteiger partial charge in [-0.2, -0.15) is 0 Å². The van der Waals surface area contributed by atoms with Crippen LogP contribution in [0.3, 0.4) is 0 Å². The molecule has 13 heteroatoms. The van der Waals surface area contributed by atoms with Crippen molar-refractivity contribution in [3.05, 3.63) is 73.9 Å². The quantitative estimate of drug-likeness (QED) is 0.0610. The van der Waals surface area contributed by atoms with E-state index in [1.165, 1.54) is 0 Å². The monoisotopic (exact) mass is 575 g/mol. The van der Waals surface area contributed by atoms with E-state index in [0.29, 0.717) is 23.5 Å². The molecule has 4 heterocycles. The van der Waals surface area contributed by atoms with E-state index in [2.05, 4.69) is 10.0 Å². The molecule has 3 aromatic rings. The number of nitrogens with zero attached hydrogens (tertiary/aromatic N) is 5. The summed E-state index contributed by atoms with van der Waals surface area (Å²) in [6, 6.07) is 11.4. The molecule has 218 valence electrons. The second kappa shape index (κ2) is 12.4. The summed E-state index contributed by atoms with van der Waals surface area (Å²) in [7, 11) is 0. The highest BCUT2D eigenvalue weighted by atomic mass is 16.6. The van der Waals surface area contributed by atoms with Crippen molar-refractivity contribution < 1.29 is 33.3 Å². The van der Waals surface area contributed by atoms with Crippen molar-refractivity contribution in [1.29, 1.82) is 0 Å². The maximum Gasteiger partial charge on any atom is 0.355 e. The summed E-state index contributed by atoms with van der Waals surface area (Å²) >= 11 is 0. The Kier molecular flexibility index (Phi) is 8.51. The van der Waals surface area contributed by atoms with Crippen molar-refractivity contribution in [2.24, 2.45) is 5.11 Å². The van der Waals surface area contributed by atoms with Crippen LogP contribution in [-0.2, 0) is 52.1 Å². The van der Waals surface area contributed by atoms with Gasteiger partial charge in [-0.3, -0.25) is 14.4 Å². The lowest BCUT2D eigenvalue weighted by atomic mass is 9.85. The molecule has 2 aliphatic rings. The summed E-state index contributed by atoms with van der Waals surface area (Å²) in [6.07, 6.45) is -0.0107. The zero-order valence-corrected chi connectivity index (χ0v) is 23.0. The predicted molar refractivity (Wildman–Crippen MR) is 148 cm³/mol. The van der Waals surface area contributed by atoms with Crippen LogP contribution < -0.4 is 5.56 Å². The number of azide groups is 1. The molecule has 42 heavy (non-hydrogen) atoms. The van der Waals surface area contributed by atoms with Crippen LogP contribution in [0.2, 0.25) is 0 Å². The van der Waals surface area contributed by atoms with Crippen molar-refractivity contribution >= 4 is 28.8 Å². The number of hydrogen-bond donors (Lipinski definition) is 0. The SMILES string of the molecule is CC[C@@]1(OC(=O)CCCC(=O)OCCOCCN=[N+]=[N-])C(=O)OCc2c1cc1n(c2=O)Cc2cc3ccccc3nc2-1. The van der Waals surface area contributed by atoms with E-state index in [1.807, 2.05) is 30.3 Å². The Balaban J connectivity index is 1.29. The molecule has 0 saturated carbocycles. The van der Waals surface area contributed by atoms with Crippen molar-refractivity contribution in [2.75, 3.05) is 26.4 Å². The van der Waals surface area contributed by atoms with Gasteiger partial charge in [-0.25, -0.2) is 9.78 Å². The van der Waals surface area contributed by atoms with Gasteiger partial charge in [0.2, 0.25) is 5.60 Å². The number of fused-ring (bicyclic) bond motifs is 5. The van der Waals surface area contributed by atoms with Gasteiger partial charge in [0.25, 0.3) is 5.56 Å². The largest absolute Gasteiger partial charge is 0.463 e. The molecule has 0 amide bonds. The first kappa shape index (κ1) is 28.8. The first-order valence-corrected chi connectivity index (χ1v) is 13.7. The van der Waals surface area contributed by atoms with Crippen LogP contribution in [-0.4, -0.2) is 53.8 Å². The second-order valence-corrected chi connectivity index (χ2v) is 9.87. The fourth-order valence-corrected chi connectivity index (χ4v) is 5.24. The molecule has 13 nitrogen and oxygen atoms in total. The van der Waals surface area contributed by atoms with Gasteiger partial charge >= 0.3 is 17.9 Å². The normalized spacial score (nSPS) is 16.5. The Morgan fingerprint density at radius 1 is 1.14 bits per heavy atom. The third kappa shape index (κ3) is 5.56. The highest BCUT2D eigenvalue weighted by molar-refractivity contribution is 5.88. The Bertz CT molecular complexity index is 1660. The Morgan fingerprint density at radius 3 is 2.76 bits per heavy atom. The van der Waals surface area contributed by atoms with Crippen molar-refractivity contribution in [3.8, 4) is 11.4 Å². The third-order valence-electron chi connectivity index (χ3n) is 7.32. The van der Waals surface area contributed by atoms with E-state index in [9.17, 15) is 19.2 Å². The van der Waals surface area contributed by atoms with Crippen molar-refractivity contribution in [2.45, 2.75) is 51.4 Å². The average Bonchev–Trinajstić information content (AvgIpc) is 3.34. The van der Waals surface area contributed by atoms with Crippen molar-refractivity contribution in [1.82, 2.24) is 9.55 Å². The molecule has 2 aromatic heterocycles. The summed E-state index contributed by atoms with van der Waals surface area (Å²) in [6.45, 7) is 2.36. The molecular weight excluding hydrogens is 546 g/mol. The Hall–Kier alpha value is -4.74.